The summed E-state index contributed by atoms with van der Waals surface area (Å²) in [5, 5.41) is 20.7. The predicted octanol–water partition coefficient (Wildman–Crippen LogP) is 2.53. The van der Waals surface area contributed by atoms with Gasteiger partial charge in [0.05, 0.1) is 17.6 Å². The molecule has 1 unspecified atom stereocenters. The molecule has 0 aliphatic heterocycles. The van der Waals surface area contributed by atoms with Gasteiger partial charge in [-0.3, -0.25) is 4.79 Å². The van der Waals surface area contributed by atoms with Gasteiger partial charge in [0, 0.05) is 18.7 Å². The number of carboxylic acids is 1. The minimum absolute atomic E-state index is 0.249. The van der Waals surface area contributed by atoms with Gasteiger partial charge in [0.1, 0.15) is 5.82 Å². The maximum absolute atomic E-state index is 13.6. The normalized spacial score (nSPS) is 12.2. The molecule has 5 heteroatoms. The summed E-state index contributed by atoms with van der Waals surface area (Å²) in [6, 6.07) is 6.13. The molecule has 1 aromatic rings. The Kier molecular flexibility index (Phi) is 6.13. The first-order valence-electron chi connectivity index (χ1n) is 6.56. The van der Waals surface area contributed by atoms with E-state index in [9.17, 15) is 9.18 Å². The third-order valence-electron chi connectivity index (χ3n) is 2.99. The van der Waals surface area contributed by atoms with E-state index in [2.05, 4.69) is 5.32 Å². The Bertz CT molecular complexity index is 509. The third-order valence-corrected chi connectivity index (χ3v) is 2.99. The molecule has 0 spiro atoms. The van der Waals surface area contributed by atoms with Crippen LogP contribution >= 0.6 is 0 Å². The lowest BCUT2D eigenvalue weighted by atomic mass is 9.97. The molecule has 0 fully saturated rings. The molecule has 2 N–H and O–H groups in total. The standard InChI is InChI=1S/C15H19FN2O2/c1-10(2)5-13(15(19)20)9-18-8-12-4-3-11(7-17)6-14(12)16/h3-4,6,10,13,18H,5,8-9H2,1-2H3,(H,19,20). The number of rotatable bonds is 7. The van der Waals surface area contributed by atoms with Crippen molar-refractivity contribution in [2.75, 3.05) is 6.54 Å². The van der Waals surface area contributed by atoms with Crippen LogP contribution in [0.2, 0.25) is 0 Å². The van der Waals surface area contributed by atoms with Crippen molar-refractivity contribution >= 4 is 5.97 Å². The van der Waals surface area contributed by atoms with Gasteiger partial charge in [-0.1, -0.05) is 19.9 Å². The quantitative estimate of drug-likeness (QED) is 0.804. The van der Waals surface area contributed by atoms with Gasteiger partial charge in [-0.2, -0.15) is 5.26 Å². The van der Waals surface area contributed by atoms with Crippen molar-refractivity contribution in [3.8, 4) is 6.07 Å². The van der Waals surface area contributed by atoms with E-state index >= 15 is 0 Å². The lowest BCUT2D eigenvalue weighted by Gasteiger charge is -2.15. The molecule has 0 aliphatic carbocycles. The van der Waals surface area contributed by atoms with E-state index in [-0.39, 0.29) is 12.1 Å². The average molecular weight is 278 g/mol. The molecule has 0 saturated heterocycles. The van der Waals surface area contributed by atoms with Crippen LogP contribution in [-0.2, 0) is 11.3 Å². The summed E-state index contributed by atoms with van der Waals surface area (Å²) in [6.07, 6.45) is 0.582. The number of carbonyl (C=O) groups is 1. The highest BCUT2D eigenvalue weighted by Crippen LogP contribution is 2.13. The van der Waals surface area contributed by atoms with E-state index < -0.39 is 17.7 Å². The highest BCUT2D eigenvalue weighted by molar-refractivity contribution is 5.70. The van der Waals surface area contributed by atoms with Crippen molar-refractivity contribution in [1.29, 1.82) is 5.26 Å². The van der Waals surface area contributed by atoms with Gasteiger partial charge in [-0.25, -0.2) is 4.39 Å². The first kappa shape index (κ1) is 16.1. The highest BCUT2D eigenvalue weighted by atomic mass is 19.1. The van der Waals surface area contributed by atoms with Gasteiger partial charge >= 0.3 is 5.97 Å². The van der Waals surface area contributed by atoms with Crippen molar-refractivity contribution in [1.82, 2.24) is 5.32 Å². The molecule has 0 saturated carbocycles. The molecular weight excluding hydrogens is 259 g/mol. The highest BCUT2D eigenvalue weighted by Gasteiger charge is 2.18. The summed E-state index contributed by atoms with van der Waals surface area (Å²) in [4.78, 5) is 11.1. The first-order valence-corrected chi connectivity index (χ1v) is 6.56. The van der Waals surface area contributed by atoms with Crippen LogP contribution in [0.3, 0.4) is 0 Å². The molecule has 0 bridgehead atoms. The smallest absolute Gasteiger partial charge is 0.307 e. The second-order valence-corrected chi connectivity index (χ2v) is 5.21. The molecule has 0 heterocycles. The fourth-order valence-corrected chi connectivity index (χ4v) is 1.98. The van der Waals surface area contributed by atoms with E-state index in [1.807, 2.05) is 19.9 Å². The van der Waals surface area contributed by atoms with Gasteiger partial charge in [-0.05, 0) is 24.5 Å². The first-order chi connectivity index (χ1) is 9.43. The lowest BCUT2D eigenvalue weighted by molar-refractivity contribution is -0.142. The van der Waals surface area contributed by atoms with Gasteiger partial charge in [-0.15, -0.1) is 0 Å². The number of carboxylic acid groups (broad SMARTS) is 1. The Labute approximate surface area is 118 Å². The minimum Gasteiger partial charge on any atom is -0.481 e. The second-order valence-electron chi connectivity index (χ2n) is 5.21. The SMILES string of the molecule is CC(C)CC(CNCc1ccc(C#N)cc1F)C(=O)O. The van der Waals surface area contributed by atoms with Crippen LogP contribution in [0.15, 0.2) is 18.2 Å². The Morgan fingerprint density at radius 2 is 2.20 bits per heavy atom. The molecule has 0 aromatic heterocycles. The second kappa shape index (κ2) is 7.61. The average Bonchev–Trinajstić information content (AvgIpc) is 2.38. The molecule has 1 atom stereocenters. The van der Waals surface area contributed by atoms with Crippen molar-refractivity contribution < 1.29 is 14.3 Å². The zero-order valence-electron chi connectivity index (χ0n) is 11.7. The Morgan fingerprint density at radius 3 is 2.70 bits per heavy atom. The maximum atomic E-state index is 13.6. The molecule has 108 valence electrons. The van der Waals surface area contributed by atoms with E-state index in [0.717, 1.165) is 0 Å². The van der Waals surface area contributed by atoms with Crippen LogP contribution in [0.1, 0.15) is 31.4 Å². The van der Waals surface area contributed by atoms with Crippen LogP contribution in [0.4, 0.5) is 4.39 Å². The van der Waals surface area contributed by atoms with Crippen LogP contribution in [0.5, 0.6) is 0 Å². The van der Waals surface area contributed by atoms with Crippen molar-refractivity contribution in [3.63, 3.8) is 0 Å². The molecule has 0 radical (unpaired) electrons. The third kappa shape index (κ3) is 4.98. The Hall–Kier alpha value is -1.93. The fourth-order valence-electron chi connectivity index (χ4n) is 1.98. The number of hydrogen-bond acceptors (Lipinski definition) is 3. The van der Waals surface area contributed by atoms with Gasteiger partial charge in [0.25, 0.3) is 0 Å². The van der Waals surface area contributed by atoms with Crippen molar-refractivity contribution in [3.05, 3.63) is 35.1 Å². The van der Waals surface area contributed by atoms with Crippen LogP contribution in [-0.4, -0.2) is 17.6 Å². The van der Waals surface area contributed by atoms with E-state index in [1.165, 1.54) is 6.07 Å². The summed E-state index contributed by atoms with van der Waals surface area (Å²) < 4.78 is 13.6. The number of aliphatic carboxylic acids is 1. The molecule has 4 nitrogen and oxygen atoms in total. The largest absolute Gasteiger partial charge is 0.481 e. The van der Waals surface area contributed by atoms with Crippen molar-refractivity contribution in [2.24, 2.45) is 11.8 Å². The summed E-state index contributed by atoms with van der Waals surface area (Å²) in [5.74, 6) is -1.47. The van der Waals surface area contributed by atoms with E-state index in [0.29, 0.717) is 24.4 Å². The Morgan fingerprint density at radius 1 is 1.50 bits per heavy atom. The Balaban J connectivity index is 2.55. The molecule has 20 heavy (non-hydrogen) atoms. The number of hydrogen-bond donors (Lipinski definition) is 2. The number of nitrogens with zero attached hydrogens (tertiary/aromatic N) is 1. The van der Waals surface area contributed by atoms with Crippen LogP contribution < -0.4 is 5.32 Å². The zero-order valence-corrected chi connectivity index (χ0v) is 11.7. The number of nitrogens with one attached hydrogen (secondary N) is 1. The summed E-state index contributed by atoms with van der Waals surface area (Å²) in [5.41, 5.74) is 0.701. The molecule has 1 rings (SSSR count). The number of halogens is 1. The van der Waals surface area contributed by atoms with E-state index in [1.54, 1.807) is 12.1 Å². The fraction of sp³-hybridized carbons (Fsp3) is 0.467. The maximum Gasteiger partial charge on any atom is 0.307 e. The predicted molar refractivity (Wildman–Crippen MR) is 73.4 cm³/mol. The minimum atomic E-state index is -0.841. The molecule has 0 amide bonds. The van der Waals surface area contributed by atoms with Gasteiger partial charge < -0.3 is 10.4 Å². The van der Waals surface area contributed by atoms with Crippen LogP contribution in [0, 0.1) is 29.0 Å². The number of benzene rings is 1. The summed E-state index contributed by atoms with van der Waals surface area (Å²) in [7, 11) is 0. The molecule has 0 aliphatic rings. The van der Waals surface area contributed by atoms with Gasteiger partial charge in [0.15, 0.2) is 0 Å². The summed E-state index contributed by atoms with van der Waals surface area (Å²) >= 11 is 0. The monoisotopic (exact) mass is 278 g/mol. The zero-order chi connectivity index (χ0) is 15.1. The molecular formula is C15H19FN2O2. The van der Waals surface area contributed by atoms with Crippen LogP contribution in [0.25, 0.3) is 0 Å². The summed E-state index contributed by atoms with van der Waals surface area (Å²) in [6.45, 7) is 4.48. The van der Waals surface area contributed by atoms with Crippen molar-refractivity contribution in [2.45, 2.75) is 26.8 Å². The number of nitriles is 1. The van der Waals surface area contributed by atoms with Gasteiger partial charge in [0.2, 0.25) is 0 Å². The topological polar surface area (TPSA) is 73.1 Å². The lowest BCUT2D eigenvalue weighted by Crippen LogP contribution is -2.29. The van der Waals surface area contributed by atoms with E-state index in [4.69, 9.17) is 10.4 Å². The molecule has 1 aromatic carbocycles.